The van der Waals surface area contributed by atoms with E-state index in [1.54, 1.807) is 0 Å². The van der Waals surface area contributed by atoms with Crippen LogP contribution < -0.4 is 9.47 Å². The molecule has 0 bridgehead atoms. The fourth-order valence-corrected chi connectivity index (χ4v) is 2.79. The first-order valence-electron chi connectivity index (χ1n) is 8.70. The monoisotopic (exact) mass is 399 g/mol. The Balaban J connectivity index is 2.29. The molecule has 1 unspecified atom stereocenters. The molecule has 8 heteroatoms. The van der Waals surface area contributed by atoms with E-state index in [9.17, 15) is 4.21 Å². The molecule has 0 heterocycles. The van der Waals surface area contributed by atoms with Crippen molar-refractivity contribution in [3.63, 3.8) is 0 Å². The Bertz CT molecular complexity index is 610. The van der Waals surface area contributed by atoms with Gasteiger partial charge in [0.05, 0.1) is 31.8 Å². The average Bonchev–Trinajstić information content (AvgIpc) is 2.63. The molecule has 0 aromatic heterocycles. The molecule has 0 aliphatic heterocycles. The molecule has 27 heavy (non-hydrogen) atoms. The first kappa shape index (κ1) is 23.1. The predicted octanol–water partition coefficient (Wildman–Crippen LogP) is 2.97. The van der Waals surface area contributed by atoms with E-state index in [0.29, 0.717) is 26.4 Å². The summed E-state index contributed by atoms with van der Waals surface area (Å²) in [6.07, 6.45) is 5.38. The third-order valence-electron chi connectivity index (χ3n) is 3.33. The second-order valence-corrected chi connectivity index (χ2v) is 6.74. The molecule has 0 aliphatic rings. The number of allylic oxidation sites excluding steroid dienone is 1. The van der Waals surface area contributed by atoms with Crippen molar-refractivity contribution in [1.29, 1.82) is 0 Å². The maximum Gasteiger partial charge on any atom is 0.157 e. The van der Waals surface area contributed by atoms with Crippen molar-refractivity contribution < 1.29 is 27.4 Å². The summed E-state index contributed by atoms with van der Waals surface area (Å²) in [4.78, 5) is 4.50. The molecular weight excluding hydrogens is 370 g/mol. The number of aryl methyl sites for hydroxylation is 2. The van der Waals surface area contributed by atoms with Crippen LogP contribution in [0.15, 0.2) is 29.4 Å². The summed E-state index contributed by atoms with van der Waals surface area (Å²) < 4.78 is 33.6. The van der Waals surface area contributed by atoms with Crippen molar-refractivity contribution in [3.8, 4) is 11.5 Å². The van der Waals surface area contributed by atoms with Gasteiger partial charge >= 0.3 is 0 Å². The second kappa shape index (κ2) is 14.2. The molecule has 0 N–H and O–H groups in total. The Hall–Kier alpha value is -1.90. The summed E-state index contributed by atoms with van der Waals surface area (Å²) in [5.74, 6) is 1.89. The highest BCUT2D eigenvalue weighted by Crippen LogP contribution is 2.28. The normalized spacial score (nSPS) is 12.6. The van der Waals surface area contributed by atoms with Crippen LogP contribution in [0.25, 0.3) is 0 Å². The van der Waals surface area contributed by atoms with Gasteiger partial charge < -0.3 is 19.0 Å². The van der Waals surface area contributed by atoms with Gasteiger partial charge in [0, 0.05) is 0 Å². The van der Waals surface area contributed by atoms with Crippen LogP contribution in [-0.4, -0.2) is 56.3 Å². The zero-order valence-electron chi connectivity index (χ0n) is 16.4. The van der Waals surface area contributed by atoms with Gasteiger partial charge in [-0.3, -0.25) is 4.18 Å². The molecule has 1 aromatic carbocycles. The van der Waals surface area contributed by atoms with Crippen molar-refractivity contribution in [2.24, 2.45) is 5.16 Å². The highest BCUT2D eigenvalue weighted by molar-refractivity contribution is 7.80. The fraction of sp³-hybridized carbons (Fsp3) is 0.526. The number of hydrogen-bond donors (Lipinski definition) is 0. The highest BCUT2D eigenvalue weighted by atomic mass is 32.2. The lowest BCUT2D eigenvalue weighted by molar-refractivity contribution is 0.177. The molecule has 152 valence electrons. The van der Waals surface area contributed by atoms with E-state index >= 15 is 0 Å². The minimum Gasteiger partial charge on any atom is -0.491 e. The summed E-state index contributed by atoms with van der Waals surface area (Å²) in [5.41, 5.74) is 1.97. The van der Waals surface area contributed by atoms with Crippen LogP contribution in [0.3, 0.4) is 0 Å². The summed E-state index contributed by atoms with van der Waals surface area (Å²) in [7, 11) is 1.46. The van der Waals surface area contributed by atoms with Crippen LogP contribution in [0, 0.1) is 13.8 Å². The molecule has 0 spiro atoms. The third-order valence-corrected chi connectivity index (χ3v) is 4.26. The molecular formula is C19H29NO6S. The zero-order chi connectivity index (χ0) is 19.9. The maximum atomic E-state index is 11.7. The van der Waals surface area contributed by atoms with Gasteiger partial charge in [-0.2, -0.15) is 0 Å². The smallest absolute Gasteiger partial charge is 0.157 e. The van der Waals surface area contributed by atoms with Crippen molar-refractivity contribution in [2.45, 2.75) is 20.8 Å². The van der Waals surface area contributed by atoms with E-state index in [2.05, 4.69) is 9.99 Å². The van der Waals surface area contributed by atoms with E-state index in [4.69, 9.17) is 18.4 Å². The first-order valence-corrected chi connectivity index (χ1v) is 9.95. The number of oxime groups is 1. The van der Waals surface area contributed by atoms with E-state index in [1.165, 1.54) is 13.3 Å². The molecule has 1 aromatic rings. The van der Waals surface area contributed by atoms with Crippen molar-refractivity contribution in [3.05, 3.63) is 35.4 Å². The Labute approximate surface area is 163 Å². The van der Waals surface area contributed by atoms with Gasteiger partial charge in [-0.15, -0.1) is 0 Å². The number of rotatable bonds is 14. The van der Waals surface area contributed by atoms with Gasteiger partial charge in [0.25, 0.3) is 0 Å². The highest BCUT2D eigenvalue weighted by Gasteiger charge is 2.08. The van der Waals surface area contributed by atoms with Gasteiger partial charge in [-0.25, -0.2) is 4.21 Å². The SMILES string of the molecule is C/C=C/COc1cc(C)c(OCCOS(=O)CCOC/C=N/OC)c(C)c1. The maximum absolute atomic E-state index is 11.7. The van der Waals surface area contributed by atoms with E-state index in [-0.39, 0.29) is 12.4 Å². The lowest BCUT2D eigenvalue weighted by Crippen LogP contribution is -2.14. The molecule has 0 radical (unpaired) electrons. The lowest BCUT2D eigenvalue weighted by atomic mass is 10.1. The molecule has 0 amide bonds. The second-order valence-electron chi connectivity index (χ2n) is 5.49. The Morgan fingerprint density at radius 3 is 2.48 bits per heavy atom. The van der Waals surface area contributed by atoms with Crippen LogP contribution in [0.4, 0.5) is 0 Å². The van der Waals surface area contributed by atoms with Crippen molar-refractivity contribution >= 4 is 17.3 Å². The van der Waals surface area contributed by atoms with Gasteiger partial charge in [-0.1, -0.05) is 17.3 Å². The first-order chi connectivity index (χ1) is 13.1. The molecule has 1 rings (SSSR count). The Morgan fingerprint density at radius 2 is 1.81 bits per heavy atom. The third kappa shape index (κ3) is 10.1. The largest absolute Gasteiger partial charge is 0.491 e. The standard InChI is InChI=1S/C19H29NO6S/c1-5-6-8-24-18-14-16(2)19(17(3)15-18)25-10-11-26-27(21)13-12-23-9-7-20-22-4/h5-7,14-15H,8-13H2,1-4H3/b6-5+,20-7+. The van der Waals surface area contributed by atoms with Crippen LogP contribution >= 0.6 is 0 Å². The van der Waals surface area contributed by atoms with Gasteiger partial charge in [0.1, 0.15) is 31.8 Å². The molecule has 0 aliphatic carbocycles. The van der Waals surface area contributed by atoms with E-state index < -0.39 is 11.1 Å². The van der Waals surface area contributed by atoms with Crippen LogP contribution in [0.5, 0.6) is 11.5 Å². The summed E-state index contributed by atoms with van der Waals surface area (Å²) in [5, 5.41) is 3.53. The van der Waals surface area contributed by atoms with Gasteiger partial charge in [0.15, 0.2) is 11.1 Å². The Kier molecular flexibility index (Phi) is 12.2. The van der Waals surface area contributed by atoms with Crippen LogP contribution in [-0.2, 0) is 24.8 Å². The summed E-state index contributed by atoms with van der Waals surface area (Å²) >= 11 is -1.41. The minimum absolute atomic E-state index is 0.232. The Morgan fingerprint density at radius 1 is 1.07 bits per heavy atom. The van der Waals surface area contributed by atoms with Crippen LogP contribution in [0.2, 0.25) is 0 Å². The van der Waals surface area contributed by atoms with Crippen molar-refractivity contribution in [1.82, 2.24) is 0 Å². The number of ether oxygens (including phenoxy) is 3. The lowest BCUT2D eigenvalue weighted by Gasteiger charge is -2.14. The molecule has 0 fully saturated rings. The number of nitrogens with zero attached hydrogens (tertiary/aromatic N) is 1. The van der Waals surface area contributed by atoms with Crippen molar-refractivity contribution in [2.75, 3.05) is 45.9 Å². The summed E-state index contributed by atoms with van der Waals surface area (Å²) in [6, 6.07) is 3.88. The predicted molar refractivity (Wildman–Crippen MR) is 107 cm³/mol. The molecule has 7 nitrogen and oxygen atoms in total. The van der Waals surface area contributed by atoms with E-state index in [1.807, 2.05) is 45.1 Å². The number of hydrogen-bond acceptors (Lipinski definition) is 7. The van der Waals surface area contributed by atoms with Gasteiger partial charge in [-0.05, 0) is 44.0 Å². The zero-order valence-corrected chi connectivity index (χ0v) is 17.3. The molecule has 0 saturated carbocycles. The minimum atomic E-state index is -1.41. The quantitative estimate of drug-likeness (QED) is 0.207. The topological polar surface area (TPSA) is 75.6 Å². The summed E-state index contributed by atoms with van der Waals surface area (Å²) in [6.45, 7) is 7.60. The molecule has 1 atom stereocenters. The van der Waals surface area contributed by atoms with Crippen LogP contribution in [0.1, 0.15) is 18.1 Å². The van der Waals surface area contributed by atoms with E-state index in [0.717, 1.165) is 22.6 Å². The van der Waals surface area contributed by atoms with Gasteiger partial charge in [0.2, 0.25) is 0 Å². The average molecular weight is 400 g/mol. The molecule has 0 saturated heterocycles. The number of benzene rings is 1. The fourth-order valence-electron chi connectivity index (χ4n) is 2.16.